The smallest absolute Gasteiger partial charge is 0.335 e. The fourth-order valence-electron chi connectivity index (χ4n) is 4.46. The van der Waals surface area contributed by atoms with Crippen LogP contribution in [0.3, 0.4) is 0 Å². The van der Waals surface area contributed by atoms with Crippen LogP contribution in [0.2, 0.25) is 0 Å². The van der Waals surface area contributed by atoms with Gasteiger partial charge in [0.05, 0.1) is 17.8 Å². The molecule has 10 heteroatoms. The molecule has 0 radical (unpaired) electrons. The molecule has 1 atom stereocenters. The van der Waals surface area contributed by atoms with Crippen molar-refractivity contribution < 1.29 is 14.6 Å². The van der Waals surface area contributed by atoms with E-state index in [0.717, 1.165) is 39.5 Å². The number of nitrogens with zero attached hydrogens (tertiary/aromatic N) is 4. The maximum atomic E-state index is 11.4. The summed E-state index contributed by atoms with van der Waals surface area (Å²) < 4.78 is 9.48. The van der Waals surface area contributed by atoms with Crippen LogP contribution in [0.15, 0.2) is 71.9 Å². The van der Waals surface area contributed by atoms with Gasteiger partial charge in [-0.2, -0.15) is 4.98 Å². The predicted octanol–water partition coefficient (Wildman–Crippen LogP) is 6.34. The molecule has 0 saturated carbocycles. The molecule has 3 N–H and O–H groups in total. The molecule has 4 aromatic rings. The number of ether oxygens (including phenoxy) is 1. The van der Waals surface area contributed by atoms with Gasteiger partial charge < -0.3 is 15.2 Å². The van der Waals surface area contributed by atoms with E-state index in [2.05, 4.69) is 71.7 Å². The Morgan fingerprint density at radius 3 is 2.39 bits per heavy atom. The number of rotatable bonds is 12. The highest BCUT2D eigenvalue weighted by molar-refractivity contribution is 8.00. The molecule has 2 aromatic carbocycles. The van der Waals surface area contributed by atoms with E-state index in [1.807, 2.05) is 18.2 Å². The Balaban J connectivity index is 1.58. The number of anilines is 1. The topological polar surface area (TPSA) is 122 Å². The van der Waals surface area contributed by atoms with E-state index in [-0.39, 0.29) is 17.0 Å². The third-order valence-corrected chi connectivity index (χ3v) is 7.01. The van der Waals surface area contributed by atoms with Crippen molar-refractivity contribution in [2.75, 3.05) is 11.3 Å². The summed E-state index contributed by atoms with van der Waals surface area (Å²) in [6.45, 7) is 11.6. The lowest BCUT2D eigenvalue weighted by Gasteiger charge is -2.26. The summed E-state index contributed by atoms with van der Waals surface area (Å²) in [6, 6.07) is 16.5. The largest absolute Gasteiger partial charge is 0.478 e. The molecule has 0 fully saturated rings. The third-order valence-electron chi connectivity index (χ3n) is 6.24. The first kappa shape index (κ1) is 30.0. The first-order valence-corrected chi connectivity index (χ1v) is 14.2. The fraction of sp³-hybridized carbons (Fsp3) is 0.323. The maximum Gasteiger partial charge on any atom is 0.335 e. The number of hydrogen-bond acceptors (Lipinski definition) is 9. The van der Waals surface area contributed by atoms with E-state index < -0.39 is 5.97 Å². The second-order valence-corrected chi connectivity index (χ2v) is 11.9. The molecule has 0 spiro atoms. The van der Waals surface area contributed by atoms with Crippen LogP contribution >= 0.6 is 11.9 Å². The molecule has 2 aromatic heterocycles. The summed E-state index contributed by atoms with van der Waals surface area (Å²) in [4.78, 5) is 30.2. The van der Waals surface area contributed by atoms with Crippen molar-refractivity contribution in [2.24, 2.45) is 5.41 Å². The molecule has 0 aliphatic heterocycles. The molecule has 2 heterocycles. The minimum Gasteiger partial charge on any atom is -0.478 e. The van der Waals surface area contributed by atoms with Gasteiger partial charge in [0.1, 0.15) is 12.4 Å². The van der Waals surface area contributed by atoms with Crippen LogP contribution in [0.4, 0.5) is 5.95 Å². The van der Waals surface area contributed by atoms with Crippen molar-refractivity contribution >= 4 is 23.9 Å². The van der Waals surface area contributed by atoms with E-state index in [0.29, 0.717) is 25.0 Å². The Labute approximate surface area is 245 Å². The molecule has 9 nitrogen and oxygen atoms in total. The van der Waals surface area contributed by atoms with Gasteiger partial charge in [-0.15, -0.1) is 0 Å². The van der Waals surface area contributed by atoms with E-state index in [4.69, 9.17) is 9.72 Å². The van der Waals surface area contributed by atoms with Gasteiger partial charge in [0.2, 0.25) is 11.8 Å². The first-order chi connectivity index (χ1) is 19.6. The lowest BCUT2D eigenvalue weighted by atomic mass is 9.88. The van der Waals surface area contributed by atoms with Crippen LogP contribution in [-0.2, 0) is 6.54 Å². The van der Waals surface area contributed by atoms with Gasteiger partial charge in [-0.3, -0.25) is 4.72 Å². The standard InChI is InChI=1S/C31H36N6O3S/c1-20-9-6-10-21(2)28(20)25-16-27(36-30(35-25)37-41-24-12-7-11-22(15-24)29(38)39)40-19-23(17-31(3,4)5)34-18-26-32-13-8-14-33-26/h6-16,23,34H,17-19H2,1-5H3,(H,38,39)(H,35,36,37). The number of carboxylic acids is 1. The van der Waals surface area contributed by atoms with Gasteiger partial charge in [-0.25, -0.2) is 19.7 Å². The number of aromatic nitrogens is 4. The van der Waals surface area contributed by atoms with Crippen molar-refractivity contribution in [2.45, 2.75) is 58.5 Å². The summed E-state index contributed by atoms with van der Waals surface area (Å²) in [7, 11) is 0. The molecule has 4 rings (SSSR count). The number of aryl methyl sites for hydroxylation is 2. The van der Waals surface area contributed by atoms with Gasteiger partial charge >= 0.3 is 5.97 Å². The molecule has 214 valence electrons. The van der Waals surface area contributed by atoms with Crippen LogP contribution in [0.5, 0.6) is 5.88 Å². The lowest BCUT2D eigenvalue weighted by molar-refractivity contribution is 0.0696. The first-order valence-electron chi connectivity index (χ1n) is 13.4. The van der Waals surface area contributed by atoms with Crippen molar-refractivity contribution in [3.05, 3.63) is 89.5 Å². The minimum absolute atomic E-state index is 0.0296. The van der Waals surface area contributed by atoms with Crippen LogP contribution in [0.25, 0.3) is 11.3 Å². The number of hydrogen-bond donors (Lipinski definition) is 3. The van der Waals surface area contributed by atoms with E-state index in [9.17, 15) is 9.90 Å². The van der Waals surface area contributed by atoms with E-state index in [1.54, 1.807) is 36.7 Å². The Hall–Kier alpha value is -4.02. The number of nitrogens with one attached hydrogen (secondary N) is 2. The van der Waals surface area contributed by atoms with E-state index in [1.165, 1.54) is 11.9 Å². The van der Waals surface area contributed by atoms with Gasteiger partial charge in [-0.05, 0) is 73.0 Å². The number of benzene rings is 2. The molecular formula is C31H36N6O3S. The van der Waals surface area contributed by atoms with Gasteiger partial charge in [0.25, 0.3) is 0 Å². The van der Waals surface area contributed by atoms with Crippen molar-refractivity contribution in [3.8, 4) is 17.1 Å². The Kier molecular flexibility index (Phi) is 9.91. The van der Waals surface area contributed by atoms with Crippen molar-refractivity contribution in [1.29, 1.82) is 0 Å². The summed E-state index contributed by atoms with van der Waals surface area (Å²) in [5.74, 6) is 0.551. The zero-order chi connectivity index (χ0) is 29.4. The monoisotopic (exact) mass is 572 g/mol. The molecule has 41 heavy (non-hydrogen) atoms. The van der Waals surface area contributed by atoms with Gasteiger partial charge in [0, 0.05) is 35.0 Å². The lowest BCUT2D eigenvalue weighted by Crippen LogP contribution is -2.38. The second-order valence-electron chi connectivity index (χ2n) is 11.0. The third kappa shape index (κ3) is 8.99. The fourth-order valence-corrected chi connectivity index (χ4v) is 5.09. The Morgan fingerprint density at radius 1 is 1.00 bits per heavy atom. The van der Waals surface area contributed by atoms with Crippen molar-refractivity contribution in [1.82, 2.24) is 25.3 Å². The number of carbonyl (C=O) groups is 1. The summed E-state index contributed by atoms with van der Waals surface area (Å²) in [5.41, 5.74) is 4.23. The van der Waals surface area contributed by atoms with Crippen molar-refractivity contribution in [3.63, 3.8) is 0 Å². The van der Waals surface area contributed by atoms with Crippen LogP contribution in [-0.4, -0.2) is 43.7 Å². The highest BCUT2D eigenvalue weighted by atomic mass is 32.2. The van der Waals surface area contributed by atoms with Crippen LogP contribution in [0.1, 0.15) is 54.5 Å². The Morgan fingerprint density at radius 2 is 1.71 bits per heavy atom. The molecule has 0 aliphatic rings. The molecule has 0 saturated heterocycles. The van der Waals surface area contributed by atoms with Crippen LogP contribution in [0, 0.1) is 19.3 Å². The average Bonchev–Trinajstić information content (AvgIpc) is 2.93. The molecule has 0 amide bonds. The highest BCUT2D eigenvalue weighted by Crippen LogP contribution is 2.30. The summed E-state index contributed by atoms with van der Waals surface area (Å²) in [5, 5.41) is 12.9. The second kappa shape index (κ2) is 13.6. The molecule has 0 bridgehead atoms. The molecular weight excluding hydrogens is 536 g/mol. The number of carboxylic acid groups (broad SMARTS) is 1. The zero-order valence-electron chi connectivity index (χ0n) is 24.0. The SMILES string of the molecule is Cc1cccc(C)c1-c1cc(OCC(CC(C)(C)C)NCc2ncccn2)nc(NSc2cccc(C(=O)O)c2)n1. The predicted molar refractivity (Wildman–Crippen MR) is 162 cm³/mol. The average molecular weight is 573 g/mol. The van der Waals surface area contributed by atoms with Gasteiger partial charge in [-0.1, -0.05) is 45.0 Å². The minimum atomic E-state index is -0.978. The quantitative estimate of drug-likeness (QED) is 0.166. The van der Waals surface area contributed by atoms with Crippen LogP contribution < -0.4 is 14.8 Å². The van der Waals surface area contributed by atoms with Gasteiger partial charge in [0.15, 0.2) is 0 Å². The van der Waals surface area contributed by atoms with E-state index >= 15 is 0 Å². The number of aromatic carboxylic acids is 1. The maximum absolute atomic E-state index is 11.4. The zero-order valence-corrected chi connectivity index (χ0v) is 24.8. The summed E-state index contributed by atoms with van der Waals surface area (Å²) in [6.07, 6.45) is 4.34. The normalized spacial score (nSPS) is 12.1. The Bertz CT molecular complexity index is 1460. The summed E-state index contributed by atoms with van der Waals surface area (Å²) >= 11 is 1.24. The molecule has 1 unspecified atom stereocenters. The highest BCUT2D eigenvalue weighted by Gasteiger charge is 2.21. The molecule has 0 aliphatic carbocycles.